The molecule has 0 amide bonds. The maximum absolute atomic E-state index is 6.06. The molecule has 0 bridgehead atoms. The first-order valence-electron chi connectivity index (χ1n) is 5.52. The minimum atomic E-state index is 0.544. The van der Waals surface area contributed by atoms with Crippen molar-refractivity contribution in [1.29, 1.82) is 0 Å². The van der Waals surface area contributed by atoms with Gasteiger partial charge < -0.3 is 10.7 Å². The van der Waals surface area contributed by atoms with Crippen molar-refractivity contribution in [3.05, 3.63) is 35.4 Å². The minimum Gasteiger partial charge on any atom is -0.398 e. The van der Waals surface area contributed by atoms with E-state index in [1.165, 1.54) is 18.1 Å². The lowest BCUT2D eigenvalue weighted by atomic mass is 10.2. The number of hydrogen-bond acceptors (Lipinski definition) is 5. The first kappa shape index (κ1) is 12.3. The maximum atomic E-state index is 6.06. The topological polar surface area (TPSA) is 80.5 Å². The molecule has 0 aliphatic heterocycles. The fraction of sp³-hybridized carbons (Fsp3) is 0.0833. The predicted octanol–water partition coefficient (Wildman–Crippen LogP) is 3.05. The number of aryl methyl sites for hydroxylation is 1. The van der Waals surface area contributed by atoms with Gasteiger partial charge in [-0.2, -0.15) is 0 Å². The van der Waals surface area contributed by atoms with E-state index >= 15 is 0 Å². The Morgan fingerprint density at radius 2 is 2.11 bits per heavy atom. The summed E-state index contributed by atoms with van der Waals surface area (Å²) in [6.45, 7) is 1.99. The van der Waals surface area contributed by atoms with Gasteiger partial charge in [-0.25, -0.2) is 15.0 Å². The highest BCUT2D eigenvalue weighted by Gasteiger charge is 2.10. The van der Waals surface area contributed by atoms with Crippen molar-refractivity contribution in [2.24, 2.45) is 0 Å². The first-order valence-corrected chi connectivity index (χ1v) is 6.72. The molecule has 2 aromatic heterocycles. The van der Waals surface area contributed by atoms with Crippen molar-refractivity contribution in [1.82, 2.24) is 19.9 Å². The molecule has 0 aliphatic rings. The molecule has 0 fully saturated rings. The largest absolute Gasteiger partial charge is 0.398 e. The molecule has 3 N–H and O–H groups in total. The molecule has 5 nitrogen and oxygen atoms in total. The summed E-state index contributed by atoms with van der Waals surface area (Å²) in [5.41, 5.74) is 8.88. The number of anilines is 1. The van der Waals surface area contributed by atoms with Crippen LogP contribution in [0.4, 0.5) is 5.69 Å². The maximum Gasteiger partial charge on any atom is 0.181 e. The van der Waals surface area contributed by atoms with Crippen molar-refractivity contribution in [2.45, 2.75) is 16.8 Å². The Balaban J connectivity index is 2.06. The van der Waals surface area contributed by atoms with Crippen LogP contribution in [0.25, 0.3) is 11.2 Å². The highest BCUT2D eigenvalue weighted by atomic mass is 35.5. The molecule has 0 atom stereocenters. The van der Waals surface area contributed by atoms with Gasteiger partial charge in [-0.15, -0.1) is 0 Å². The van der Waals surface area contributed by atoms with E-state index in [-0.39, 0.29) is 0 Å². The number of nitrogen functional groups attached to an aromatic ring is 1. The van der Waals surface area contributed by atoms with Crippen LogP contribution in [0.1, 0.15) is 5.56 Å². The molecule has 1 aromatic carbocycles. The van der Waals surface area contributed by atoms with Gasteiger partial charge in [0.25, 0.3) is 0 Å². The fourth-order valence-corrected chi connectivity index (χ4v) is 2.91. The summed E-state index contributed by atoms with van der Waals surface area (Å²) in [7, 11) is 0. The Kier molecular flexibility index (Phi) is 3.04. The van der Waals surface area contributed by atoms with E-state index < -0.39 is 0 Å². The molecule has 0 unspecified atom stereocenters. The predicted molar refractivity (Wildman–Crippen MR) is 76.4 cm³/mol. The number of hydrogen-bond donors (Lipinski definition) is 2. The second kappa shape index (κ2) is 4.71. The van der Waals surface area contributed by atoms with Crippen LogP contribution < -0.4 is 5.73 Å². The fourth-order valence-electron chi connectivity index (χ4n) is 1.72. The van der Waals surface area contributed by atoms with E-state index in [1.807, 2.05) is 19.1 Å². The summed E-state index contributed by atoms with van der Waals surface area (Å²) in [6, 6.07) is 3.71. The Hall–Kier alpha value is -1.79. The average molecular weight is 292 g/mol. The lowest BCUT2D eigenvalue weighted by molar-refractivity contribution is 1.08. The van der Waals surface area contributed by atoms with E-state index in [0.29, 0.717) is 16.4 Å². The van der Waals surface area contributed by atoms with Crippen molar-refractivity contribution >= 4 is 40.2 Å². The molecule has 19 heavy (non-hydrogen) atoms. The highest BCUT2D eigenvalue weighted by molar-refractivity contribution is 7.99. The lowest BCUT2D eigenvalue weighted by Crippen LogP contribution is -1.91. The third kappa shape index (κ3) is 2.24. The molecular weight excluding hydrogens is 282 g/mol. The monoisotopic (exact) mass is 291 g/mol. The Morgan fingerprint density at radius 3 is 2.95 bits per heavy atom. The molecule has 0 aliphatic carbocycles. The third-order valence-electron chi connectivity index (χ3n) is 2.69. The van der Waals surface area contributed by atoms with Gasteiger partial charge in [-0.05, 0) is 24.6 Å². The molecule has 2 heterocycles. The lowest BCUT2D eigenvalue weighted by Gasteiger charge is -2.07. The van der Waals surface area contributed by atoms with Gasteiger partial charge >= 0.3 is 0 Å². The van der Waals surface area contributed by atoms with Crippen LogP contribution in [0.5, 0.6) is 0 Å². The van der Waals surface area contributed by atoms with Crippen LogP contribution in [0.3, 0.4) is 0 Å². The quantitative estimate of drug-likeness (QED) is 0.560. The number of nitrogens with zero attached hydrogens (tertiary/aromatic N) is 3. The summed E-state index contributed by atoms with van der Waals surface area (Å²) >= 11 is 7.57. The third-order valence-corrected chi connectivity index (χ3v) is 4.18. The number of H-pyrrole nitrogens is 1. The van der Waals surface area contributed by atoms with Crippen LogP contribution in [0, 0.1) is 6.92 Å². The standard InChI is InChI=1S/C12H10ClN5S/c1-6-2-8(14)7(13)3-9(6)19-12-10-11(16-4-15-10)17-5-18-12/h2-5H,14H2,1H3,(H,15,16,17,18). The summed E-state index contributed by atoms with van der Waals surface area (Å²) in [4.78, 5) is 16.5. The molecule has 7 heteroatoms. The number of imidazole rings is 1. The second-order valence-electron chi connectivity index (χ2n) is 4.02. The second-order valence-corrected chi connectivity index (χ2v) is 5.46. The molecule has 96 valence electrons. The zero-order valence-corrected chi connectivity index (χ0v) is 11.6. The Morgan fingerprint density at radius 1 is 1.26 bits per heavy atom. The smallest absolute Gasteiger partial charge is 0.181 e. The number of aromatic amines is 1. The number of aromatic nitrogens is 4. The number of nitrogens with two attached hydrogens (primary N) is 1. The van der Waals surface area contributed by atoms with Crippen LogP contribution in [-0.4, -0.2) is 19.9 Å². The van der Waals surface area contributed by atoms with Gasteiger partial charge in [0.15, 0.2) is 5.65 Å². The number of benzene rings is 1. The van der Waals surface area contributed by atoms with Gasteiger partial charge in [0.2, 0.25) is 0 Å². The summed E-state index contributed by atoms with van der Waals surface area (Å²) < 4.78 is 0. The number of rotatable bonds is 2. The van der Waals surface area contributed by atoms with Gasteiger partial charge in [-0.1, -0.05) is 23.4 Å². The molecule has 0 saturated carbocycles. The van der Waals surface area contributed by atoms with Crippen LogP contribution in [0.15, 0.2) is 34.7 Å². The van der Waals surface area contributed by atoms with E-state index in [4.69, 9.17) is 17.3 Å². The number of fused-ring (bicyclic) bond motifs is 1. The van der Waals surface area contributed by atoms with E-state index in [1.54, 1.807) is 6.33 Å². The van der Waals surface area contributed by atoms with Crippen LogP contribution in [-0.2, 0) is 0 Å². The first-order chi connectivity index (χ1) is 9.15. The molecule has 3 rings (SSSR count). The average Bonchev–Trinajstić information content (AvgIpc) is 2.85. The van der Waals surface area contributed by atoms with Gasteiger partial charge in [0, 0.05) is 4.90 Å². The van der Waals surface area contributed by atoms with E-state index in [2.05, 4.69) is 19.9 Å². The molecule has 0 saturated heterocycles. The molecule has 0 radical (unpaired) electrons. The Labute approximate surface area is 118 Å². The zero-order chi connectivity index (χ0) is 13.4. The Bertz CT molecular complexity index is 755. The van der Waals surface area contributed by atoms with Crippen molar-refractivity contribution in [3.8, 4) is 0 Å². The highest BCUT2D eigenvalue weighted by Crippen LogP contribution is 2.35. The normalized spacial score (nSPS) is 11.1. The van der Waals surface area contributed by atoms with E-state index in [0.717, 1.165) is 21.0 Å². The zero-order valence-electron chi connectivity index (χ0n) is 10.0. The summed E-state index contributed by atoms with van der Waals surface area (Å²) in [6.07, 6.45) is 3.10. The van der Waals surface area contributed by atoms with Gasteiger partial charge in [0.05, 0.1) is 17.0 Å². The molecular formula is C12H10ClN5S. The van der Waals surface area contributed by atoms with Crippen LogP contribution >= 0.6 is 23.4 Å². The van der Waals surface area contributed by atoms with Crippen molar-refractivity contribution in [3.63, 3.8) is 0 Å². The molecule has 3 aromatic rings. The van der Waals surface area contributed by atoms with Gasteiger partial charge in [0.1, 0.15) is 16.9 Å². The van der Waals surface area contributed by atoms with Crippen molar-refractivity contribution in [2.75, 3.05) is 5.73 Å². The summed E-state index contributed by atoms with van der Waals surface area (Å²) in [5.74, 6) is 0. The van der Waals surface area contributed by atoms with Gasteiger partial charge in [-0.3, -0.25) is 0 Å². The van der Waals surface area contributed by atoms with Crippen LogP contribution in [0.2, 0.25) is 5.02 Å². The molecule has 0 spiro atoms. The SMILES string of the molecule is Cc1cc(N)c(Cl)cc1Sc1ncnc2nc[nH]c12. The number of halogens is 1. The van der Waals surface area contributed by atoms with Crippen molar-refractivity contribution < 1.29 is 0 Å². The van der Waals surface area contributed by atoms with E-state index in [9.17, 15) is 0 Å². The number of nitrogens with one attached hydrogen (secondary N) is 1. The summed E-state index contributed by atoms with van der Waals surface area (Å²) in [5, 5.41) is 1.36. The minimum absolute atomic E-state index is 0.544.